The summed E-state index contributed by atoms with van der Waals surface area (Å²) in [6.07, 6.45) is 0. The summed E-state index contributed by atoms with van der Waals surface area (Å²) in [6.45, 7) is 1.77. The summed E-state index contributed by atoms with van der Waals surface area (Å²) in [5.74, 6) is -0.488. The highest BCUT2D eigenvalue weighted by atomic mass is 32.2. The maximum Gasteiger partial charge on any atom is 0.349 e. The molecule has 2 aromatic carbocycles. The molecule has 0 spiro atoms. The van der Waals surface area contributed by atoms with Crippen LogP contribution >= 0.6 is 0 Å². The van der Waals surface area contributed by atoms with Crippen molar-refractivity contribution in [3.63, 3.8) is 0 Å². The predicted molar refractivity (Wildman–Crippen MR) is 101 cm³/mol. The molecule has 1 aromatic heterocycles. The second-order valence-corrected chi connectivity index (χ2v) is 7.75. The lowest BCUT2D eigenvalue weighted by Crippen LogP contribution is -2.32. The molecule has 140 valence electrons. The van der Waals surface area contributed by atoms with Crippen molar-refractivity contribution in [3.05, 3.63) is 76.1 Å². The molecule has 0 saturated carbocycles. The van der Waals surface area contributed by atoms with E-state index in [0.29, 0.717) is 16.5 Å². The molecule has 1 amide bonds. The third-order valence-corrected chi connectivity index (χ3v) is 5.39. The van der Waals surface area contributed by atoms with Gasteiger partial charge in [-0.15, -0.1) is 0 Å². The van der Waals surface area contributed by atoms with E-state index in [2.05, 4.69) is 0 Å². The largest absolute Gasteiger partial charge is 0.422 e. The van der Waals surface area contributed by atoms with Gasteiger partial charge < -0.3 is 9.32 Å². The van der Waals surface area contributed by atoms with Crippen molar-refractivity contribution < 1.29 is 17.6 Å². The molecule has 27 heavy (non-hydrogen) atoms. The van der Waals surface area contributed by atoms with Crippen LogP contribution in [0.1, 0.15) is 28.9 Å². The third kappa shape index (κ3) is 3.76. The average molecular weight is 386 g/mol. The first-order chi connectivity index (χ1) is 12.7. The monoisotopic (exact) mass is 386 g/mol. The number of fused-ring (bicyclic) bond motifs is 1. The van der Waals surface area contributed by atoms with Gasteiger partial charge in [0.15, 0.2) is 0 Å². The lowest BCUT2D eigenvalue weighted by atomic mass is 10.1. The molecule has 1 atom stereocenters. The zero-order valence-corrected chi connectivity index (χ0v) is 15.6. The van der Waals surface area contributed by atoms with Crippen LogP contribution in [0, 0.1) is 0 Å². The highest BCUT2D eigenvalue weighted by Crippen LogP contribution is 2.22. The SMILES string of the molecule is CC(c1ccc(S(N)(=O)=O)cc1)N(C)C(=O)c1cc2ccccc2oc1=O. The zero-order valence-electron chi connectivity index (χ0n) is 14.7. The van der Waals surface area contributed by atoms with Crippen molar-refractivity contribution in [1.82, 2.24) is 4.90 Å². The van der Waals surface area contributed by atoms with Gasteiger partial charge in [0.1, 0.15) is 11.1 Å². The predicted octanol–water partition coefficient (Wildman–Crippen LogP) is 2.27. The highest BCUT2D eigenvalue weighted by Gasteiger charge is 2.23. The van der Waals surface area contributed by atoms with Gasteiger partial charge in [0.2, 0.25) is 10.0 Å². The summed E-state index contributed by atoms with van der Waals surface area (Å²) in [5.41, 5.74) is 0.336. The second-order valence-electron chi connectivity index (χ2n) is 6.19. The molecular weight excluding hydrogens is 368 g/mol. The summed E-state index contributed by atoms with van der Waals surface area (Å²) < 4.78 is 27.9. The van der Waals surface area contributed by atoms with Crippen LogP contribution in [0.2, 0.25) is 0 Å². The van der Waals surface area contributed by atoms with Crippen LogP contribution in [-0.2, 0) is 10.0 Å². The second kappa shape index (κ2) is 6.98. The van der Waals surface area contributed by atoms with Gasteiger partial charge >= 0.3 is 5.63 Å². The van der Waals surface area contributed by atoms with Crippen LogP contribution in [0.5, 0.6) is 0 Å². The van der Waals surface area contributed by atoms with E-state index in [-0.39, 0.29) is 10.5 Å². The van der Waals surface area contributed by atoms with Gasteiger partial charge in [0.25, 0.3) is 5.91 Å². The first-order valence-corrected chi connectivity index (χ1v) is 9.66. The molecule has 8 heteroatoms. The Morgan fingerprint density at radius 3 is 2.37 bits per heavy atom. The molecule has 1 unspecified atom stereocenters. The Bertz CT molecular complexity index is 1170. The Labute approximate surface area is 156 Å². The zero-order chi connectivity index (χ0) is 19.8. The minimum absolute atomic E-state index is 0.0115. The molecule has 0 bridgehead atoms. The molecule has 2 N–H and O–H groups in total. The van der Waals surface area contributed by atoms with Crippen LogP contribution in [-0.4, -0.2) is 26.3 Å². The van der Waals surface area contributed by atoms with E-state index in [1.54, 1.807) is 50.4 Å². The fraction of sp³-hybridized carbons (Fsp3) is 0.158. The van der Waals surface area contributed by atoms with Gasteiger partial charge in [0, 0.05) is 12.4 Å². The first kappa shape index (κ1) is 18.8. The quantitative estimate of drug-likeness (QED) is 0.692. The van der Waals surface area contributed by atoms with E-state index >= 15 is 0 Å². The summed E-state index contributed by atoms with van der Waals surface area (Å²) in [7, 11) is -2.22. The number of carbonyl (C=O) groups is 1. The number of carbonyl (C=O) groups excluding carboxylic acids is 1. The molecule has 0 radical (unpaired) electrons. The van der Waals surface area contributed by atoms with Crippen molar-refractivity contribution in [2.45, 2.75) is 17.9 Å². The average Bonchev–Trinajstić information content (AvgIpc) is 2.65. The number of nitrogens with zero attached hydrogens (tertiary/aromatic N) is 1. The lowest BCUT2D eigenvalue weighted by Gasteiger charge is -2.25. The molecule has 0 saturated heterocycles. The molecular formula is C19H18N2O5S. The fourth-order valence-electron chi connectivity index (χ4n) is 2.74. The van der Waals surface area contributed by atoms with Crippen LogP contribution in [0.25, 0.3) is 11.0 Å². The van der Waals surface area contributed by atoms with E-state index < -0.39 is 27.6 Å². The van der Waals surface area contributed by atoms with Crippen molar-refractivity contribution >= 4 is 26.9 Å². The van der Waals surface area contributed by atoms with Crippen molar-refractivity contribution in [1.29, 1.82) is 0 Å². The molecule has 0 aliphatic rings. The summed E-state index contributed by atoms with van der Waals surface area (Å²) >= 11 is 0. The Kier molecular flexibility index (Phi) is 4.86. The summed E-state index contributed by atoms with van der Waals surface area (Å²) in [5, 5.41) is 5.74. The van der Waals surface area contributed by atoms with Gasteiger partial charge in [-0.2, -0.15) is 0 Å². The van der Waals surface area contributed by atoms with Crippen LogP contribution < -0.4 is 10.8 Å². The van der Waals surface area contributed by atoms with Crippen molar-refractivity contribution in [2.75, 3.05) is 7.05 Å². The summed E-state index contributed by atoms with van der Waals surface area (Å²) in [6, 6.07) is 14.0. The standard InChI is InChI=1S/C19H18N2O5S/c1-12(13-7-9-15(10-8-13)27(20,24)25)21(2)18(22)16-11-14-5-3-4-6-17(14)26-19(16)23/h3-12H,1-2H3,(H2,20,24,25). The number of para-hydroxylation sites is 1. The minimum atomic E-state index is -3.79. The Morgan fingerprint density at radius 1 is 1.11 bits per heavy atom. The van der Waals surface area contributed by atoms with E-state index in [1.807, 2.05) is 0 Å². The minimum Gasteiger partial charge on any atom is -0.422 e. The van der Waals surface area contributed by atoms with Gasteiger partial charge in [0.05, 0.1) is 10.9 Å². The van der Waals surface area contributed by atoms with Gasteiger partial charge in [-0.3, -0.25) is 4.79 Å². The number of nitrogens with two attached hydrogens (primary N) is 1. The Balaban J connectivity index is 1.91. The molecule has 3 rings (SSSR count). The van der Waals surface area contributed by atoms with Crippen LogP contribution in [0.4, 0.5) is 0 Å². The molecule has 1 heterocycles. The maximum atomic E-state index is 12.8. The van der Waals surface area contributed by atoms with E-state index in [4.69, 9.17) is 9.56 Å². The third-order valence-electron chi connectivity index (χ3n) is 4.46. The number of sulfonamides is 1. The highest BCUT2D eigenvalue weighted by molar-refractivity contribution is 7.89. The molecule has 7 nitrogen and oxygen atoms in total. The normalized spacial score (nSPS) is 12.7. The van der Waals surface area contributed by atoms with E-state index in [9.17, 15) is 18.0 Å². The van der Waals surface area contributed by atoms with Gasteiger partial charge in [-0.1, -0.05) is 30.3 Å². The van der Waals surface area contributed by atoms with E-state index in [1.165, 1.54) is 23.1 Å². The van der Waals surface area contributed by atoms with Crippen molar-refractivity contribution in [2.24, 2.45) is 5.14 Å². The molecule has 0 aliphatic heterocycles. The van der Waals surface area contributed by atoms with E-state index in [0.717, 1.165) is 0 Å². The van der Waals surface area contributed by atoms with Crippen molar-refractivity contribution in [3.8, 4) is 0 Å². The Morgan fingerprint density at radius 2 is 1.74 bits per heavy atom. The number of hydrogen-bond donors (Lipinski definition) is 1. The number of benzene rings is 2. The fourth-order valence-corrected chi connectivity index (χ4v) is 3.25. The number of rotatable bonds is 4. The number of hydrogen-bond acceptors (Lipinski definition) is 5. The Hall–Kier alpha value is -2.97. The molecule has 0 aliphatic carbocycles. The smallest absolute Gasteiger partial charge is 0.349 e. The topological polar surface area (TPSA) is 111 Å². The molecule has 3 aromatic rings. The van der Waals surface area contributed by atoms with Crippen LogP contribution in [0.3, 0.4) is 0 Å². The van der Waals surface area contributed by atoms with Gasteiger partial charge in [-0.05, 0) is 36.8 Å². The lowest BCUT2D eigenvalue weighted by molar-refractivity contribution is 0.0738. The number of primary sulfonamides is 1. The van der Waals surface area contributed by atoms with Crippen LogP contribution in [0.15, 0.2) is 68.7 Å². The number of amides is 1. The first-order valence-electron chi connectivity index (χ1n) is 8.11. The maximum absolute atomic E-state index is 12.8. The van der Waals surface area contributed by atoms with Gasteiger partial charge in [-0.25, -0.2) is 18.4 Å². The summed E-state index contributed by atoms with van der Waals surface area (Å²) in [4.78, 5) is 26.4. The molecule has 0 fully saturated rings.